The van der Waals surface area contributed by atoms with Crippen LogP contribution in [0.3, 0.4) is 0 Å². The molecule has 1 amide bonds. The third-order valence-corrected chi connectivity index (χ3v) is 17.1. The fraction of sp³-hybridized carbons (Fsp3) is 0.840. The lowest BCUT2D eigenvalue weighted by molar-refractivity contribution is -0.302. The van der Waals surface area contributed by atoms with Crippen LogP contribution in [0.25, 0.3) is 0 Å². The van der Waals surface area contributed by atoms with E-state index in [-0.39, 0.29) is 18.5 Å². The van der Waals surface area contributed by atoms with Gasteiger partial charge < -0.3 is 45.1 Å². The average Bonchev–Trinajstić information content (AvgIpc) is 2.02. The lowest BCUT2D eigenvalue weighted by Gasteiger charge is -2.40. The van der Waals surface area contributed by atoms with E-state index in [9.17, 15) is 35.1 Å². The Labute approximate surface area is 528 Å². The number of esters is 1. The van der Waals surface area contributed by atoms with E-state index in [2.05, 4.69) is 67.8 Å². The second-order valence-corrected chi connectivity index (χ2v) is 25.3. The molecule has 86 heavy (non-hydrogen) atoms. The second-order valence-electron chi connectivity index (χ2n) is 25.3. The highest BCUT2D eigenvalue weighted by atomic mass is 16.7. The topological polar surface area (TPSA) is 175 Å². The van der Waals surface area contributed by atoms with Crippen LogP contribution in [0.5, 0.6) is 0 Å². The first-order chi connectivity index (χ1) is 42.2. The Morgan fingerprint density at radius 1 is 0.430 bits per heavy atom. The zero-order valence-electron chi connectivity index (χ0n) is 55.8. The number of nitrogens with one attached hydrogen (secondary N) is 1. The van der Waals surface area contributed by atoms with Crippen LogP contribution in [-0.4, -0.2) is 100 Å². The Kier molecular flexibility index (Phi) is 60.5. The third kappa shape index (κ3) is 52.2. The van der Waals surface area contributed by atoms with Crippen molar-refractivity contribution >= 4 is 11.9 Å². The molecular weight excluding hydrogens is 1070 g/mol. The van der Waals surface area contributed by atoms with Crippen molar-refractivity contribution in [3.8, 4) is 0 Å². The van der Waals surface area contributed by atoms with Gasteiger partial charge in [0.15, 0.2) is 6.29 Å². The Morgan fingerprint density at radius 2 is 0.802 bits per heavy atom. The fourth-order valence-electron chi connectivity index (χ4n) is 11.3. The number of hydrogen-bond donors (Lipinski definition) is 6. The molecule has 1 saturated heterocycles. The molecule has 0 radical (unpaired) electrons. The van der Waals surface area contributed by atoms with Crippen molar-refractivity contribution in [3.05, 3.63) is 60.8 Å². The summed E-state index contributed by atoms with van der Waals surface area (Å²) in [6.07, 6.45) is 74.9. The highest BCUT2D eigenvalue weighted by Crippen LogP contribution is 2.23. The fourth-order valence-corrected chi connectivity index (χ4v) is 11.3. The number of rotatable bonds is 64. The van der Waals surface area contributed by atoms with Gasteiger partial charge in [0, 0.05) is 12.8 Å². The van der Waals surface area contributed by atoms with Crippen LogP contribution >= 0.6 is 0 Å². The van der Waals surface area contributed by atoms with Gasteiger partial charge in [0.1, 0.15) is 24.4 Å². The summed E-state index contributed by atoms with van der Waals surface area (Å²) in [5.74, 6) is -0.190. The molecule has 1 fully saturated rings. The van der Waals surface area contributed by atoms with Gasteiger partial charge in [0.25, 0.3) is 0 Å². The molecule has 7 atom stereocenters. The molecule has 502 valence electrons. The molecule has 1 aliphatic rings. The number of unbranched alkanes of at least 4 members (excludes halogenated alkanes) is 42. The first-order valence-electron chi connectivity index (χ1n) is 36.6. The zero-order valence-corrected chi connectivity index (χ0v) is 55.8. The first kappa shape index (κ1) is 81.4. The summed E-state index contributed by atoms with van der Waals surface area (Å²) in [6.45, 7) is 4.30. The van der Waals surface area contributed by atoms with Gasteiger partial charge in [0.05, 0.1) is 32.0 Å². The van der Waals surface area contributed by atoms with E-state index < -0.39 is 49.5 Å². The van der Waals surface area contributed by atoms with Crippen molar-refractivity contribution in [1.29, 1.82) is 0 Å². The molecule has 0 aromatic heterocycles. The number of aliphatic hydroxyl groups is 5. The maximum atomic E-state index is 13.1. The van der Waals surface area contributed by atoms with E-state index in [0.29, 0.717) is 19.4 Å². The predicted octanol–water partition coefficient (Wildman–Crippen LogP) is 18.9. The maximum Gasteiger partial charge on any atom is 0.305 e. The Morgan fingerprint density at radius 3 is 1.22 bits per heavy atom. The van der Waals surface area contributed by atoms with Crippen LogP contribution in [0.15, 0.2) is 60.8 Å². The molecular formula is C75H137NO10. The van der Waals surface area contributed by atoms with Gasteiger partial charge in [-0.15, -0.1) is 0 Å². The van der Waals surface area contributed by atoms with Crippen molar-refractivity contribution in [3.63, 3.8) is 0 Å². The first-order valence-corrected chi connectivity index (χ1v) is 36.6. The highest BCUT2D eigenvalue weighted by molar-refractivity contribution is 5.76. The van der Waals surface area contributed by atoms with Gasteiger partial charge in [-0.2, -0.15) is 0 Å². The SMILES string of the molecule is CCC/C=C\C/C=C\CCCCCCCC(=O)OCCCCCCCCCCC/C=C\C/C=C\CCCCCCCCCCCCCCCCCC(=O)NC(COC1OC(CO)C(O)C(O)C1O)C(O)/C=C/CCCCCCCCCCCCCC. The zero-order chi connectivity index (χ0) is 62.3. The molecule has 0 aliphatic carbocycles. The minimum Gasteiger partial charge on any atom is -0.466 e. The minimum absolute atomic E-state index is 0.0103. The summed E-state index contributed by atoms with van der Waals surface area (Å²) in [4.78, 5) is 25.1. The Hall–Kier alpha value is -2.64. The molecule has 1 heterocycles. The number of amides is 1. The number of aliphatic hydroxyl groups excluding tert-OH is 5. The standard InChI is InChI=1S/C75H137NO10/c1-3-5-7-9-11-13-15-17-38-41-45-49-53-57-61-68(78)67(66-85-75-74(83)73(82)72(81)69(65-77)86-75)76-70(79)62-58-54-50-46-42-39-35-33-31-29-27-25-23-21-19-18-20-22-24-26-28-30-32-34-36-40-44-48-52-56-60-64-84-71(80)63-59-55-51-47-43-37-16-14-12-10-8-6-4-2/h8,10,14,16,20,22,26,28,57,61,67-69,72-75,77-78,81-83H,3-7,9,11-13,15,17-19,21,23-25,27,29-56,58-60,62-66H2,1-2H3,(H,76,79)/b10-8-,16-14-,22-20-,28-26-,61-57+. The molecule has 11 heteroatoms. The monoisotopic (exact) mass is 1210 g/mol. The summed E-state index contributed by atoms with van der Waals surface area (Å²) in [6, 6.07) is -0.811. The van der Waals surface area contributed by atoms with Gasteiger partial charge in [-0.05, 0) is 89.9 Å². The molecule has 1 rings (SSSR count). The lowest BCUT2D eigenvalue weighted by atomic mass is 9.99. The molecule has 6 N–H and O–H groups in total. The van der Waals surface area contributed by atoms with Gasteiger partial charge in [-0.25, -0.2) is 0 Å². The van der Waals surface area contributed by atoms with Crippen LogP contribution < -0.4 is 5.32 Å². The summed E-state index contributed by atoms with van der Waals surface area (Å²) in [7, 11) is 0. The van der Waals surface area contributed by atoms with E-state index in [0.717, 1.165) is 70.6 Å². The van der Waals surface area contributed by atoms with Gasteiger partial charge >= 0.3 is 5.97 Å². The summed E-state index contributed by atoms with van der Waals surface area (Å²) in [5, 5.41) is 54.6. The number of ether oxygens (including phenoxy) is 3. The third-order valence-electron chi connectivity index (χ3n) is 17.1. The molecule has 0 saturated carbocycles. The number of hydrogen-bond acceptors (Lipinski definition) is 10. The number of carbonyl (C=O) groups is 2. The van der Waals surface area contributed by atoms with Gasteiger partial charge in [-0.1, -0.05) is 299 Å². The molecule has 7 unspecified atom stereocenters. The summed E-state index contributed by atoms with van der Waals surface area (Å²) in [5.41, 5.74) is 0. The predicted molar refractivity (Wildman–Crippen MR) is 361 cm³/mol. The van der Waals surface area contributed by atoms with E-state index in [1.165, 1.54) is 244 Å². The Bertz CT molecular complexity index is 1610. The molecule has 0 aromatic rings. The van der Waals surface area contributed by atoms with Crippen LogP contribution in [0.1, 0.15) is 341 Å². The largest absolute Gasteiger partial charge is 0.466 e. The molecule has 0 bridgehead atoms. The summed E-state index contributed by atoms with van der Waals surface area (Å²) < 4.78 is 16.7. The van der Waals surface area contributed by atoms with Crippen LogP contribution in [0.4, 0.5) is 0 Å². The van der Waals surface area contributed by atoms with Gasteiger partial charge in [-0.3, -0.25) is 9.59 Å². The van der Waals surface area contributed by atoms with E-state index in [4.69, 9.17) is 14.2 Å². The van der Waals surface area contributed by atoms with E-state index in [1.807, 2.05) is 6.08 Å². The highest BCUT2D eigenvalue weighted by Gasteiger charge is 2.44. The Balaban J connectivity index is 1.98. The molecule has 0 aromatic carbocycles. The average molecular weight is 1210 g/mol. The smallest absolute Gasteiger partial charge is 0.305 e. The van der Waals surface area contributed by atoms with Crippen molar-refractivity contribution in [2.45, 2.75) is 384 Å². The van der Waals surface area contributed by atoms with Crippen molar-refractivity contribution in [2.75, 3.05) is 19.8 Å². The molecule has 1 aliphatic heterocycles. The number of carbonyl (C=O) groups excluding carboxylic acids is 2. The van der Waals surface area contributed by atoms with Crippen molar-refractivity contribution < 1.29 is 49.3 Å². The second kappa shape index (κ2) is 63.9. The van der Waals surface area contributed by atoms with Crippen molar-refractivity contribution in [1.82, 2.24) is 5.32 Å². The quantitative estimate of drug-likeness (QED) is 0.0195. The van der Waals surface area contributed by atoms with Gasteiger partial charge in [0.2, 0.25) is 5.91 Å². The minimum atomic E-state index is -1.57. The summed E-state index contributed by atoms with van der Waals surface area (Å²) >= 11 is 0. The van der Waals surface area contributed by atoms with Crippen LogP contribution in [-0.2, 0) is 23.8 Å². The molecule has 0 spiro atoms. The van der Waals surface area contributed by atoms with Crippen LogP contribution in [0.2, 0.25) is 0 Å². The van der Waals surface area contributed by atoms with E-state index >= 15 is 0 Å². The van der Waals surface area contributed by atoms with Crippen molar-refractivity contribution in [2.24, 2.45) is 0 Å². The maximum absolute atomic E-state index is 13.1. The number of allylic oxidation sites excluding steroid dienone is 9. The van der Waals surface area contributed by atoms with E-state index in [1.54, 1.807) is 6.08 Å². The lowest BCUT2D eigenvalue weighted by Crippen LogP contribution is -2.60. The normalized spacial score (nSPS) is 18.2. The van der Waals surface area contributed by atoms with Crippen LogP contribution in [0, 0.1) is 0 Å². The molecule has 11 nitrogen and oxygen atoms in total.